The van der Waals surface area contributed by atoms with Crippen LogP contribution in [-0.4, -0.2) is 42.1 Å². The van der Waals surface area contributed by atoms with Gasteiger partial charge < -0.3 is 10.1 Å². The van der Waals surface area contributed by atoms with Crippen LogP contribution in [0.15, 0.2) is 0 Å². The summed E-state index contributed by atoms with van der Waals surface area (Å²) in [7, 11) is 0. The van der Waals surface area contributed by atoms with Gasteiger partial charge in [0.25, 0.3) is 5.91 Å². The van der Waals surface area contributed by atoms with Gasteiger partial charge in [-0.3, -0.25) is 9.69 Å². The summed E-state index contributed by atoms with van der Waals surface area (Å²) in [5.74, 6) is 0.269. The van der Waals surface area contributed by atoms with Gasteiger partial charge in [-0.25, -0.2) is 4.79 Å². The van der Waals surface area contributed by atoms with E-state index in [9.17, 15) is 9.59 Å². The van der Waals surface area contributed by atoms with E-state index in [0.717, 1.165) is 0 Å². The molecule has 1 rings (SSSR count). The van der Waals surface area contributed by atoms with Crippen LogP contribution in [0, 0.1) is 5.92 Å². The molecule has 0 saturated carbocycles. The molecule has 1 N–H and O–H groups in total. The molecule has 0 spiro atoms. The van der Waals surface area contributed by atoms with E-state index < -0.39 is 5.54 Å². The van der Waals surface area contributed by atoms with Crippen LogP contribution in [0.1, 0.15) is 27.7 Å². The second-order valence-corrected chi connectivity index (χ2v) is 4.98. The van der Waals surface area contributed by atoms with E-state index in [1.807, 2.05) is 0 Å². The zero-order valence-electron chi connectivity index (χ0n) is 10.4. The minimum atomic E-state index is -0.783. The summed E-state index contributed by atoms with van der Waals surface area (Å²) in [6.07, 6.45) is 0. The quantitative estimate of drug-likeness (QED) is 0.564. The Morgan fingerprint density at radius 1 is 1.38 bits per heavy atom. The number of hydrogen-bond acceptors (Lipinski definition) is 3. The van der Waals surface area contributed by atoms with Crippen LogP contribution in [0.4, 0.5) is 4.79 Å². The molecule has 0 unspecified atom stereocenters. The topological polar surface area (TPSA) is 58.6 Å². The molecular weight excluding hydrogens is 208 g/mol. The second-order valence-electron chi connectivity index (χ2n) is 4.98. The molecular formula is C11H20N2O3. The van der Waals surface area contributed by atoms with E-state index >= 15 is 0 Å². The fourth-order valence-corrected chi connectivity index (χ4v) is 1.50. The number of nitrogens with one attached hydrogen (secondary N) is 1. The maximum absolute atomic E-state index is 11.8. The molecule has 0 aliphatic carbocycles. The zero-order chi connectivity index (χ0) is 12.3. The summed E-state index contributed by atoms with van der Waals surface area (Å²) in [5, 5.41) is 2.62. The van der Waals surface area contributed by atoms with Crippen LogP contribution < -0.4 is 5.32 Å². The third kappa shape index (κ3) is 2.95. The molecule has 0 aromatic carbocycles. The van der Waals surface area contributed by atoms with Crippen molar-refractivity contribution in [1.29, 1.82) is 0 Å². The highest BCUT2D eigenvalue weighted by Crippen LogP contribution is 2.15. The standard InChI is InChI=1S/C11H20N2O3/c1-8(2)7-16-6-5-13-9(14)11(3,4)12-10(13)15/h8H,5-7H2,1-4H3,(H,12,15). The zero-order valence-corrected chi connectivity index (χ0v) is 10.4. The summed E-state index contributed by atoms with van der Waals surface area (Å²) in [6.45, 7) is 8.86. The van der Waals surface area contributed by atoms with Crippen LogP contribution in [0.2, 0.25) is 0 Å². The van der Waals surface area contributed by atoms with E-state index in [0.29, 0.717) is 25.7 Å². The lowest BCUT2D eigenvalue weighted by Crippen LogP contribution is -2.40. The molecule has 0 atom stereocenters. The highest BCUT2D eigenvalue weighted by molar-refractivity contribution is 6.06. The largest absolute Gasteiger partial charge is 0.379 e. The lowest BCUT2D eigenvalue weighted by molar-refractivity contribution is -0.130. The predicted octanol–water partition coefficient (Wildman–Crippen LogP) is 0.989. The predicted molar refractivity (Wildman–Crippen MR) is 60.0 cm³/mol. The molecule has 1 saturated heterocycles. The number of ether oxygens (including phenoxy) is 1. The number of hydrogen-bond donors (Lipinski definition) is 1. The minimum absolute atomic E-state index is 0.189. The van der Waals surface area contributed by atoms with Gasteiger partial charge in [0.1, 0.15) is 5.54 Å². The van der Waals surface area contributed by atoms with E-state index in [2.05, 4.69) is 19.2 Å². The normalized spacial score (nSPS) is 19.4. The SMILES string of the molecule is CC(C)COCCN1C(=O)NC(C)(C)C1=O. The first-order valence-corrected chi connectivity index (χ1v) is 5.56. The summed E-state index contributed by atoms with van der Waals surface area (Å²) in [4.78, 5) is 24.4. The Morgan fingerprint density at radius 3 is 2.44 bits per heavy atom. The molecule has 92 valence electrons. The number of nitrogens with zero attached hydrogens (tertiary/aromatic N) is 1. The summed E-state index contributed by atoms with van der Waals surface area (Å²) >= 11 is 0. The number of rotatable bonds is 5. The Kier molecular flexibility index (Phi) is 3.91. The number of imide groups is 1. The molecule has 0 aromatic heterocycles. The molecule has 3 amide bonds. The van der Waals surface area contributed by atoms with Gasteiger partial charge in [0.05, 0.1) is 13.2 Å². The Bertz CT molecular complexity index is 287. The monoisotopic (exact) mass is 228 g/mol. The van der Waals surface area contributed by atoms with Crippen molar-refractivity contribution in [1.82, 2.24) is 10.2 Å². The van der Waals surface area contributed by atoms with Gasteiger partial charge in [0.15, 0.2) is 0 Å². The first-order valence-electron chi connectivity index (χ1n) is 5.56. The maximum atomic E-state index is 11.8. The van der Waals surface area contributed by atoms with Crippen molar-refractivity contribution in [3.05, 3.63) is 0 Å². The molecule has 1 aliphatic rings. The maximum Gasteiger partial charge on any atom is 0.325 e. The van der Waals surface area contributed by atoms with Crippen LogP contribution in [0.3, 0.4) is 0 Å². The molecule has 0 radical (unpaired) electrons. The van der Waals surface area contributed by atoms with Gasteiger partial charge in [-0.15, -0.1) is 0 Å². The summed E-state index contributed by atoms with van der Waals surface area (Å²) in [5.41, 5.74) is -0.783. The number of urea groups is 1. The summed E-state index contributed by atoms with van der Waals surface area (Å²) in [6, 6.07) is -0.330. The van der Waals surface area contributed by atoms with Crippen molar-refractivity contribution >= 4 is 11.9 Å². The van der Waals surface area contributed by atoms with E-state index in [1.165, 1.54) is 4.90 Å². The van der Waals surface area contributed by atoms with Crippen molar-refractivity contribution in [2.75, 3.05) is 19.8 Å². The number of carbonyl (C=O) groups excluding carboxylic acids is 2. The first kappa shape index (κ1) is 13.0. The van der Waals surface area contributed by atoms with E-state index in [1.54, 1.807) is 13.8 Å². The molecule has 5 nitrogen and oxygen atoms in total. The third-order valence-corrected chi connectivity index (χ3v) is 2.35. The third-order valence-electron chi connectivity index (χ3n) is 2.35. The van der Waals surface area contributed by atoms with Crippen molar-refractivity contribution in [3.63, 3.8) is 0 Å². The molecule has 16 heavy (non-hydrogen) atoms. The van der Waals surface area contributed by atoms with Gasteiger partial charge in [-0.2, -0.15) is 0 Å². The average Bonchev–Trinajstić information content (AvgIpc) is 2.33. The van der Waals surface area contributed by atoms with Crippen molar-refractivity contribution in [3.8, 4) is 0 Å². The number of amides is 3. The van der Waals surface area contributed by atoms with E-state index in [-0.39, 0.29) is 11.9 Å². The highest BCUT2D eigenvalue weighted by atomic mass is 16.5. The van der Waals surface area contributed by atoms with Gasteiger partial charge in [0, 0.05) is 6.61 Å². The van der Waals surface area contributed by atoms with E-state index in [4.69, 9.17) is 4.74 Å². The van der Waals surface area contributed by atoms with Gasteiger partial charge in [-0.05, 0) is 19.8 Å². The smallest absolute Gasteiger partial charge is 0.325 e. The molecule has 1 aliphatic heterocycles. The van der Waals surface area contributed by atoms with Gasteiger partial charge >= 0.3 is 6.03 Å². The lowest BCUT2D eigenvalue weighted by Gasteiger charge is -2.16. The number of carbonyl (C=O) groups is 2. The minimum Gasteiger partial charge on any atom is -0.379 e. The van der Waals surface area contributed by atoms with Crippen molar-refractivity contribution in [2.24, 2.45) is 5.92 Å². The molecule has 0 aromatic rings. The fourth-order valence-electron chi connectivity index (χ4n) is 1.50. The van der Waals surface area contributed by atoms with Gasteiger partial charge in [-0.1, -0.05) is 13.8 Å². The fraction of sp³-hybridized carbons (Fsp3) is 0.818. The Labute approximate surface area is 96.1 Å². The Morgan fingerprint density at radius 2 is 2.00 bits per heavy atom. The van der Waals surface area contributed by atoms with Crippen LogP contribution in [-0.2, 0) is 9.53 Å². The molecule has 1 heterocycles. The van der Waals surface area contributed by atoms with Crippen LogP contribution in [0.25, 0.3) is 0 Å². The first-order chi connectivity index (χ1) is 7.34. The second kappa shape index (κ2) is 4.82. The Balaban J connectivity index is 2.38. The highest BCUT2D eigenvalue weighted by Gasteiger charge is 2.43. The van der Waals surface area contributed by atoms with Crippen LogP contribution >= 0.6 is 0 Å². The Hall–Kier alpha value is -1.10. The van der Waals surface area contributed by atoms with Crippen molar-refractivity contribution in [2.45, 2.75) is 33.2 Å². The molecule has 0 bridgehead atoms. The molecule has 5 heteroatoms. The summed E-state index contributed by atoms with van der Waals surface area (Å²) < 4.78 is 5.35. The van der Waals surface area contributed by atoms with Gasteiger partial charge in [0.2, 0.25) is 0 Å². The average molecular weight is 228 g/mol. The van der Waals surface area contributed by atoms with Crippen molar-refractivity contribution < 1.29 is 14.3 Å². The molecule has 1 fully saturated rings. The lowest BCUT2D eigenvalue weighted by atomic mass is 10.1. The van der Waals surface area contributed by atoms with Crippen LogP contribution in [0.5, 0.6) is 0 Å².